The van der Waals surface area contributed by atoms with Gasteiger partial charge >= 0.3 is 18.2 Å². The summed E-state index contributed by atoms with van der Waals surface area (Å²) >= 11 is 0. The van der Waals surface area contributed by atoms with E-state index in [1.54, 1.807) is 34.6 Å². The Morgan fingerprint density at radius 2 is 0.984 bits per heavy atom. The average molecular weight is 896 g/mol. The Balaban J connectivity index is 0.00000260. The standard InChI is InChI=1S/C40H59N7O9.C2HF3O2/c1-26(43-34(48)21-27(2)44-36(50)23-29(4)46-38(52)30(5)41)20-35(49)45-28(3)22-37(51)47-33(39(53)55-24-31-14-8-6-9-15-31)18-12-13-19-42-40(54)56-25-32-16-10-7-11-17-32;3-2(4,5)1(6)7/h6-11,14-17,26-30,33H,12-13,18-25,41H2,1-5H3,(H,42,54)(H,43,48)(H,44,50)(H,45,49)(H,46,52)(H,47,51);(H,6,7)/t26-,27+,28+,29-,30-,33-;/m0./s1. The van der Waals surface area contributed by atoms with Crippen molar-refractivity contribution in [2.75, 3.05) is 6.54 Å². The molecule has 63 heavy (non-hydrogen) atoms. The van der Waals surface area contributed by atoms with Crippen LogP contribution in [0.3, 0.4) is 0 Å². The van der Waals surface area contributed by atoms with Gasteiger partial charge in [0, 0.05) is 56.4 Å². The lowest BCUT2D eigenvalue weighted by Gasteiger charge is -2.21. The molecule has 0 spiro atoms. The van der Waals surface area contributed by atoms with E-state index < -0.39 is 66.4 Å². The minimum absolute atomic E-state index is 0.0162. The molecule has 0 aliphatic carbocycles. The van der Waals surface area contributed by atoms with Crippen LogP contribution in [0, 0.1) is 0 Å². The number of amides is 6. The van der Waals surface area contributed by atoms with Gasteiger partial charge in [0.1, 0.15) is 25.2 Å². The maximum atomic E-state index is 13.1. The van der Waals surface area contributed by atoms with E-state index in [0.717, 1.165) is 11.1 Å². The van der Waals surface area contributed by atoms with Crippen LogP contribution in [0.4, 0.5) is 18.0 Å². The molecule has 2 rings (SSSR count). The molecule has 0 bridgehead atoms. The molecule has 0 saturated heterocycles. The zero-order valence-corrected chi connectivity index (χ0v) is 36.1. The molecular weight excluding hydrogens is 835 g/mol. The second-order valence-corrected chi connectivity index (χ2v) is 15.0. The fraction of sp³-hybridized carbons (Fsp3) is 0.524. The van der Waals surface area contributed by atoms with E-state index in [1.807, 2.05) is 60.7 Å². The van der Waals surface area contributed by atoms with Crippen molar-refractivity contribution in [3.05, 3.63) is 71.8 Å². The van der Waals surface area contributed by atoms with Gasteiger partial charge < -0.3 is 57.0 Å². The number of carboxylic acids is 1. The van der Waals surface area contributed by atoms with Crippen molar-refractivity contribution >= 4 is 47.6 Å². The summed E-state index contributed by atoms with van der Waals surface area (Å²) < 4.78 is 42.3. The molecule has 6 amide bonds. The number of benzene rings is 2. The molecule has 0 aliphatic rings. The largest absolute Gasteiger partial charge is 0.542 e. The molecule has 0 heterocycles. The minimum atomic E-state index is -5.19. The first-order valence-electron chi connectivity index (χ1n) is 20.3. The van der Waals surface area contributed by atoms with Gasteiger partial charge in [0.25, 0.3) is 5.91 Å². The summed E-state index contributed by atoms with van der Waals surface area (Å²) in [5.74, 6) is -5.40. The van der Waals surface area contributed by atoms with E-state index >= 15 is 0 Å². The van der Waals surface area contributed by atoms with Crippen LogP contribution in [0.5, 0.6) is 0 Å². The fourth-order valence-corrected chi connectivity index (χ4v) is 5.47. The van der Waals surface area contributed by atoms with Gasteiger partial charge in [0.15, 0.2) is 6.04 Å². The number of nitrogens with one attached hydrogen (secondary N) is 6. The van der Waals surface area contributed by atoms with Crippen LogP contribution in [0.1, 0.15) is 90.7 Å². The fourth-order valence-electron chi connectivity index (χ4n) is 5.47. The van der Waals surface area contributed by atoms with Gasteiger partial charge in [-0.05, 0) is 65.0 Å². The summed E-state index contributed by atoms with van der Waals surface area (Å²) in [6.07, 6.45) is -4.62. The molecule has 9 N–H and O–H groups in total. The van der Waals surface area contributed by atoms with E-state index in [4.69, 9.17) is 19.4 Å². The molecule has 2 aromatic rings. The first kappa shape index (κ1) is 54.8. The minimum Gasteiger partial charge on any atom is -0.542 e. The smallest absolute Gasteiger partial charge is 0.430 e. The SMILES string of the molecule is C[C@H](CC(=O)N[C@@H](CCCCNC(=O)OCc1ccccc1)C(=O)OCc1ccccc1)NC(=O)C[C@H](C)NC(=O)C[C@@H](C)NC(=O)C[C@H](C)NC(=O)[C@H](C)[NH3+].O=C([O-])C(F)(F)F. The number of rotatable bonds is 24. The monoisotopic (exact) mass is 895 g/mol. The van der Waals surface area contributed by atoms with Gasteiger partial charge in [-0.15, -0.1) is 0 Å². The zero-order valence-electron chi connectivity index (χ0n) is 36.1. The summed E-state index contributed by atoms with van der Waals surface area (Å²) in [4.78, 5) is 96.4. The predicted molar refractivity (Wildman–Crippen MR) is 219 cm³/mol. The van der Waals surface area contributed by atoms with Crippen molar-refractivity contribution in [3.63, 3.8) is 0 Å². The lowest BCUT2D eigenvalue weighted by atomic mass is 10.1. The highest BCUT2D eigenvalue weighted by atomic mass is 19.4. The molecular formula is C42H60F3N7O11. The molecule has 0 radical (unpaired) electrons. The van der Waals surface area contributed by atoms with Gasteiger partial charge in [-0.25, -0.2) is 9.59 Å². The van der Waals surface area contributed by atoms with Crippen molar-refractivity contribution in [3.8, 4) is 0 Å². The van der Waals surface area contributed by atoms with Gasteiger partial charge in [0.2, 0.25) is 23.6 Å². The Bertz CT molecular complexity index is 1770. The number of unbranched alkanes of at least 4 members (excludes halogenated alkanes) is 1. The first-order valence-corrected chi connectivity index (χ1v) is 20.3. The molecule has 21 heteroatoms. The Hall–Kier alpha value is -6.25. The van der Waals surface area contributed by atoms with Crippen LogP contribution in [0.2, 0.25) is 0 Å². The summed E-state index contributed by atoms with van der Waals surface area (Å²) in [5.41, 5.74) is 5.30. The molecule has 0 aromatic heterocycles. The van der Waals surface area contributed by atoms with E-state index in [0.29, 0.717) is 19.4 Å². The molecule has 0 unspecified atom stereocenters. The summed E-state index contributed by atoms with van der Waals surface area (Å²) in [5, 5.41) is 25.1. The van der Waals surface area contributed by atoms with Gasteiger partial charge in [-0.3, -0.25) is 24.0 Å². The van der Waals surface area contributed by atoms with E-state index in [9.17, 15) is 46.7 Å². The Kier molecular flexibility index (Phi) is 25.3. The highest BCUT2D eigenvalue weighted by molar-refractivity contribution is 5.86. The summed E-state index contributed by atoms with van der Waals surface area (Å²) in [7, 11) is 0. The first-order chi connectivity index (χ1) is 29.5. The van der Waals surface area contributed by atoms with Crippen LogP contribution in [0.15, 0.2) is 60.7 Å². The number of hydrogen-bond donors (Lipinski definition) is 7. The molecule has 0 aliphatic heterocycles. The third kappa shape index (κ3) is 26.6. The normalized spacial score (nSPS) is 13.7. The van der Waals surface area contributed by atoms with Crippen LogP contribution < -0.4 is 42.7 Å². The van der Waals surface area contributed by atoms with Crippen molar-refractivity contribution in [2.45, 2.75) is 135 Å². The topological polar surface area (TPSA) is 278 Å². The molecule has 18 nitrogen and oxygen atoms in total. The Labute approximate surface area is 364 Å². The Morgan fingerprint density at radius 1 is 0.603 bits per heavy atom. The average Bonchev–Trinajstić information content (AvgIpc) is 3.18. The second-order valence-electron chi connectivity index (χ2n) is 15.0. The number of esters is 1. The third-order valence-electron chi connectivity index (χ3n) is 8.50. The van der Waals surface area contributed by atoms with Crippen LogP contribution in [-0.2, 0) is 56.2 Å². The molecule has 350 valence electrons. The zero-order chi connectivity index (χ0) is 47.5. The number of aliphatic carboxylic acids is 1. The maximum Gasteiger partial charge on any atom is 0.430 e. The Morgan fingerprint density at radius 3 is 1.38 bits per heavy atom. The van der Waals surface area contributed by atoms with Crippen LogP contribution in [-0.4, -0.2) is 96.5 Å². The number of quaternary nitrogens is 1. The van der Waals surface area contributed by atoms with Gasteiger partial charge in [0.05, 0.1) is 0 Å². The quantitative estimate of drug-likeness (QED) is 0.0573. The van der Waals surface area contributed by atoms with E-state index in [1.165, 1.54) is 0 Å². The lowest BCUT2D eigenvalue weighted by molar-refractivity contribution is -0.398. The van der Waals surface area contributed by atoms with Crippen molar-refractivity contribution in [1.29, 1.82) is 0 Å². The van der Waals surface area contributed by atoms with Crippen molar-refractivity contribution in [1.82, 2.24) is 31.9 Å². The number of alkyl halides is 3. The van der Waals surface area contributed by atoms with E-state index in [-0.39, 0.29) is 68.9 Å². The van der Waals surface area contributed by atoms with Crippen molar-refractivity contribution in [2.24, 2.45) is 0 Å². The molecule has 2 aromatic carbocycles. The highest BCUT2D eigenvalue weighted by Crippen LogP contribution is 2.12. The number of ether oxygens (including phenoxy) is 2. The number of alkyl carbamates (subject to hydrolysis) is 1. The number of hydrogen-bond acceptors (Lipinski definition) is 11. The molecule has 0 saturated carbocycles. The summed E-state index contributed by atoms with van der Waals surface area (Å²) in [6, 6.07) is 15.0. The number of carbonyl (C=O) groups excluding carboxylic acids is 8. The molecule has 6 atom stereocenters. The van der Waals surface area contributed by atoms with Gasteiger partial charge in [-0.1, -0.05) is 60.7 Å². The number of carbonyl (C=O) groups is 8. The predicted octanol–water partition coefficient (Wildman–Crippen LogP) is 0.820. The van der Waals surface area contributed by atoms with Crippen molar-refractivity contribution < 1.29 is 71.8 Å². The second kappa shape index (κ2) is 29.1. The number of halogens is 3. The van der Waals surface area contributed by atoms with Gasteiger partial charge in [-0.2, -0.15) is 13.2 Å². The lowest BCUT2D eigenvalue weighted by Crippen LogP contribution is -2.66. The summed E-state index contributed by atoms with van der Waals surface area (Å²) in [6.45, 7) is 8.85. The highest BCUT2D eigenvalue weighted by Gasteiger charge is 2.29. The molecule has 0 fully saturated rings. The maximum absolute atomic E-state index is 13.1. The van der Waals surface area contributed by atoms with E-state index in [2.05, 4.69) is 37.6 Å². The van der Waals surface area contributed by atoms with Crippen LogP contribution in [0.25, 0.3) is 0 Å². The van der Waals surface area contributed by atoms with Crippen LogP contribution >= 0.6 is 0 Å². The number of carboxylic acid groups (broad SMARTS) is 1. The third-order valence-corrected chi connectivity index (χ3v) is 8.50.